The molecular weight excluding hydrogens is 310 g/mol. The van der Waals surface area contributed by atoms with Crippen molar-refractivity contribution in [2.75, 3.05) is 7.05 Å². The summed E-state index contributed by atoms with van der Waals surface area (Å²) in [5.41, 5.74) is 2.26. The Morgan fingerprint density at radius 3 is 2.57 bits per heavy atom. The summed E-state index contributed by atoms with van der Waals surface area (Å²) in [5, 5.41) is 25.9. The third-order valence-electron chi connectivity index (χ3n) is 3.26. The molecule has 3 aromatic rings. The Balaban J connectivity index is 2.10. The van der Waals surface area contributed by atoms with Gasteiger partial charge in [0.05, 0.1) is 11.9 Å². The number of phenols is 2. The minimum atomic E-state index is -0.00545. The van der Waals surface area contributed by atoms with Gasteiger partial charge < -0.3 is 10.2 Å². The first-order valence-corrected chi connectivity index (χ1v) is 7.82. The van der Waals surface area contributed by atoms with E-state index in [1.165, 1.54) is 23.5 Å². The maximum atomic E-state index is 10.1. The van der Waals surface area contributed by atoms with E-state index in [-0.39, 0.29) is 11.5 Å². The molecule has 0 atom stereocenters. The van der Waals surface area contributed by atoms with Gasteiger partial charge in [0.15, 0.2) is 0 Å². The van der Waals surface area contributed by atoms with Crippen molar-refractivity contribution in [1.29, 1.82) is 0 Å². The molecule has 0 aliphatic rings. The highest BCUT2D eigenvalue weighted by molar-refractivity contribution is 7.07. The highest BCUT2D eigenvalue weighted by Gasteiger charge is 2.11. The van der Waals surface area contributed by atoms with Gasteiger partial charge in [-0.25, -0.2) is 4.68 Å². The molecule has 0 saturated carbocycles. The smallest absolute Gasteiger partial charge is 0.205 e. The lowest BCUT2D eigenvalue weighted by molar-refractivity contribution is 0.451. The molecule has 0 bridgehead atoms. The van der Waals surface area contributed by atoms with Crippen molar-refractivity contribution < 1.29 is 10.2 Å². The van der Waals surface area contributed by atoms with E-state index in [9.17, 15) is 10.2 Å². The Morgan fingerprint density at radius 1 is 1.09 bits per heavy atom. The summed E-state index contributed by atoms with van der Waals surface area (Å²) in [4.78, 5) is 4.92. The predicted molar refractivity (Wildman–Crippen MR) is 92.0 cm³/mol. The monoisotopic (exact) mass is 325 g/mol. The number of rotatable bonds is 3. The minimum absolute atomic E-state index is 0.00545. The summed E-state index contributed by atoms with van der Waals surface area (Å²) >= 11 is 1.43. The average molecular weight is 325 g/mol. The van der Waals surface area contributed by atoms with Crippen molar-refractivity contribution in [3.05, 3.63) is 64.3 Å². The molecule has 0 saturated heterocycles. The van der Waals surface area contributed by atoms with Crippen LogP contribution < -0.4 is 4.80 Å². The first-order valence-electron chi connectivity index (χ1n) is 6.94. The van der Waals surface area contributed by atoms with Crippen molar-refractivity contribution in [2.45, 2.75) is 0 Å². The van der Waals surface area contributed by atoms with Crippen molar-refractivity contribution in [3.8, 4) is 22.8 Å². The van der Waals surface area contributed by atoms with Gasteiger partial charge in [-0.1, -0.05) is 30.3 Å². The van der Waals surface area contributed by atoms with E-state index >= 15 is 0 Å². The van der Waals surface area contributed by atoms with Gasteiger partial charge in [0.25, 0.3) is 0 Å². The van der Waals surface area contributed by atoms with Crippen LogP contribution in [-0.2, 0) is 0 Å². The third kappa shape index (κ3) is 3.17. The zero-order valence-corrected chi connectivity index (χ0v) is 13.2. The van der Waals surface area contributed by atoms with E-state index in [0.717, 1.165) is 5.56 Å². The number of nitrogens with zero attached hydrogens (tertiary/aromatic N) is 3. The maximum Gasteiger partial charge on any atom is 0.205 e. The van der Waals surface area contributed by atoms with Crippen LogP contribution in [0.3, 0.4) is 0 Å². The lowest BCUT2D eigenvalue weighted by atomic mass is 10.1. The van der Waals surface area contributed by atoms with Gasteiger partial charge in [-0.05, 0) is 17.7 Å². The summed E-state index contributed by atoms with van der Waals surface area (Å²) in [5.74, 6) is 0.00957. The van der Waals surface area contributed by atoms with Gasteiger partial charge in [0.1, 0.15) is 11.5 Å². The van der Waals surface area contributed by atoms with Gasteiger partial charge in [0.2, 0.25) is 4.80 Å². The van der Waals surface area contributed by atoms with Gasteiger partial charge in [0, 0.05) is 24.1 Å². The van der Waals surface area contributed by atoms with Gasteiger partial charge >= 0.3 is 0 Å². The Morgan fingerprint density at radius 2 is 1.87 bits per heavy atom. The summed E-state index contributed by atoms with van der Waals surface area (Å²) in [6, 6.07) is 14.2. The van der Waals surface area contributed by atoms with E-state index in [4.69, 9.17) is 0 Å². The summed E-state index contributed by atoms with van der Waals surface area (Å²) in [6.45, 7) is 0. The minimum Gasteiger partial charge on any atom is -0.508 e. The lowest BCUT2D eigenvalue weighted by Gasteiger charge is -2.06. The van der Waals surface area contributed by atoms with Crippen molar-refractivity contribution in [3.63, 3.8) is 0 Å². The molecule has 2 N–H and O–H groups in total. The predicted octanol–water partition coefficient (Wildman–Crippen LogP) is 3.04. The van der Waals surface area contributed by atoms with Gasteiger partial charge in [-0.2, -0.15) is 5.10 Å². The number of hydrogen-bond donors (Lipinski definition) is 2. The number of phenolic OH excluding ortho intramolecular Hbond substituents is 2. The molecule has 0 aliphatic carbocycles. The molecule has 0 radical (unpaired) electrons. The molecule has 0 aliphatic heterocycles. The van der Waals surface area contributed by atoms with Gasteiger partial charge in [-0.3, -0.25) is 4.99 Å². The topological polar surface area (TPSA) is 70.1 Å². The third-order valence-corrected chi connectivity index (χ3v) is 4.16. The van der Waals surface area contributed by atoms with E-state index in [1.807, 2.05) is 35.7 Å². The second kappa shape index (κ2) is 6.50. The van der Waals surface area contributed by atoms with Crippen LogP contribution in [0.25, 0.3) is 11.3 Å². The molecule has 0 amide bonds. The first kappa shape index (κ1) is 15.1. The van der Waals surface area contributed by atoms with E-state index in [0.29, 0.717) is 16.1 Å². The SMILES string of the molecule is CN=c1scc(-c2ccc(O)cc2O)n1/N=C/c1ccccc1. The largest absolute Gasteiger partial charge is 0.508 e. The van der Waals surface area contributed by atoms with Gasteiger partial charge in [-0.15, -0.1) is 11.3 Å². The van der Waals surface area contributed by atoms with E-state index in [1.54, 1.807) is 24.0 Å². The molecule has 116 valence electrons. The van der Waals surface area contributed by atoms with Crippen LogP contribution in [0.2, 0.25) is 0 Å². The number of hydrogen-bond acceptors (Lipinski definition) is 5. The fourth-order valence-corrected chi connectivity index (χ4v) is 2.94. The highest BCUT2D eigenvalue weighted by Crippen LogP contribution is 2.32. The van der Waals surface area contributed by atoms with Crippen LogP contribution in [0, 0.1) is 0 Å². The molecule has 5 nitrogen and oxygen atoms in total. The number of benzene rings is 2. The normalized spacial score (nSPS) is 12.1. The summed E-state index contributed by atoms with van der Waals surface area (Å²) in [6.07, 6.45) is 1.74. The first-order chi connectivity index (χ1) is 11.2. The van der Waals surface area contributed by atoms with E-state index in [2.05, 4.69) is 10.1 Å². The van der Waals surface area contributed by atoms with Crippen LogP contribution in [0.5, 0.6) is 11.5 Å². The summed E-state index contributed by atoms with van der Waals surface area (Å²) < 4.78 is 1.67. The molecular formula is C17H15N3O2S. The van der Waals surface area contributed by atoms with Crippen LogP contribution in [0.1, 0.15) is 5.56 Å². The van der Waals surface area contributed by atoms with Crippen molar-refractivity contribution in [2.24, 2.45) is 10.1 Å². The Labute approximate surface area is 137 Å². The molecule has 1 heterocycles. The Hall–Kier alpha value is -2.86. The molecule has 23 heavy (non-hydrogen) atoms. The zero-order valence-electron chi connectivity index (χ0n) is 12.4. The molecule has 0 fully saturated rings. The molecule has 1 aromatic heterocycles. The molecule has 2 aromatic carbocycles. The second-order valence-corrected chi connectivity index (χ2v) is 5.63. The molecule has 3 rings (SSSR count). The molecule has 6 heteroatoms. The van der Waals surface area contributed by atoms with E-state index < -0.39 is 0 Å². The lowest BCUT2D eigenvalue weighted by Crippen LogP contribution is -2.11. The van der Waals surface area contributed by atoms with Crippen LogP contribution in [0.4, 0.5) is 0 Å². The summed E-state index contributed by atoms with van der Waals surface area (Å²) in [7, 11) is 1.70. The van der Waals surface area contributed by atoms with Crippen LogP contribution in [0.15, 0.2) is 64.0 Å². The number of thiazole rings is 1. The Bertz CT molecular complexity index is 911. The fraction of sp³-hybridized carbons (Fsp3) is 0.0588. The standard InChI is InChI=1S/C17H15N3O2S/c1-18-17-20(19-10-12-5-3-2-4-6-12)15(11-23-17)14-8-7-13(21)9-16(14)22/h2-11,21-22H,1H3/b18-17?,19-10+. The number of aromatic nitrogens is 1. The number of aromatic hydroxyl groups is 2. The van der Waals surface area contributed by atoms with Crippen molar-refractivity contribution in [1.82, 2.24) is 4.68 Å². The zero-order chi connectivity index (χ0) is 16.2. The van der Waals surface area contributed by atoms with Crippen LogP contribution in [-0.4, -0.2) is 28.2 Å². The highest BCUT2D eigenvalue weighted by atomic mass is 32.1. The molecule has 0 spiro atoms. The average Bonchev–Trinajstić information content (AvgIpc) is 2.96. The maximum absolute atomic E-state index is 10.1. The molecule has 0 unspecified atom stereocenters. The van der Waals surface area contributed by atoms with Crippen molar-refractivity contribution >= 4 is 17.6 Å². The fourth-order valence-electron chi connectivity index (χ4n) is 2.15. The second-order valence-electron chi connectivity index (χ2n) is 4.80. The Kier molecular flexibility index (Phi) is 4.25. The van der Waals surface area contributed by atoms with Crippen LogP contribution >= 0.6 is 11.3 Å². The quantitative estimate of drug-likeness (QED) is 0.727.